The molecule has 0 unspecified atom stereocenters. The first-order valence-corrected chi connectivity index (χ1v) is 5.60. The van der Waals surface area contributed by atoms with E-state index in [-0.39, 0.29) is 11.2 Å². The highest BCUT2D eigenvalue weighted by molar-refractivity contribution is 5.32. The topological polar surface area (TPSA) is 60.9 Å². The van der Waals surface area contributed by atoms with Crippen LogP contribution < -0.4 is 11.3 Å². The smallest absolute Gasteiger partial charge is 0.276 e. The maximum Gasteiger partial charge on any atom is 0.276 e. The molecule has 2 aromatic rings. The van der Waals surface area contributed by atoms with Gasteiger partial charge >= 0.3 is 0 Å². The number of nitrogens with two attached hydrogens (primary N) is 1. The molecule has 0 amide bonds. The van der Waals surface area contributed by atoms with Crippen LogP contribution in [0.3, 0.4) is 0 Å². The molecule has 1 aromatic carbocycles. The minimum atomic E-state index is -0.159. The highest BCUT2D eigenvalue weighted by Gasteiger charge is 2.07. The third-order valence-corrected chi connectivity index (χ3v) is 2.68. The highest BCUT2D eigenvalue weighted by Crippen LogP contribution is 2.06. The number of rotatable bonds is 3. The summed E-state index contributed by atoms with van der Waals surface area (Å²) in [6.07, 6.45) is 2.08. The Bertz CT molecular complexity index is 561. The molecule has 4 nitrogen and oxygen atoms in total. The molecule has 0 atom stereocenters. The lowest BCUT2D eigenvalue weighted by Crippen LogP contribution is -2.26. The van der Waals surface area contributed by atoms with E-state index >= 15 is 0 Å². The molecular weight excluding hydrogens is 214 g/mol. The molecule has 17 heavy (non-hydrogen) atoms. The minimum absolute atomic E-state index is 0.159. The van der Waals surface area contributed by atoms with E-state index in [0.717, 1.165) is 11.4 Å². The molecule has 1 heterocycles. The molecule has 0 aliphatic carbocycles. The summed E-state index contributed by atoms with van der Waals surface area (Å²) in [4.78, 5) is 16.1. The average molecular weight is 229 g/mol. The summed E-state index contributed by atoms with van der Waals surface area (Å²) in [5.74, 6) is 0.748. The first-order chi connectivity index (χ1) is 8.22. The van der Waals surface area contributed by atoms with Gasteiger partial charge < -0.3 is 5.73 Å². The van der Waals surface area contributed by atoms with Gasteiger partial charge in [-0.05, 0) is 12.5 Å². The van der Waals surface area contributed by atoms with Gasteiger partial charge in [0.25, 0.3) is 5.56 Å². The zero-order valence-electron chi connectivity index (χ0n) is 9.76. The van der Waals surface area contributed by atoms with Crippen LogP contribution in [0.25, 0.3) is 0 Å². The second kappa shape index (κ2) is 4.82. The van der Waals surface area contributed by atoms with Crippen LogP contribution in [0.2, 0.25) is 0 Å². The maximum atomic E-state index is 11.8. The Morgan fingerprint density at radius 1 is 1.29 bits per heavy atom. The zero-order valence-corrected chi connectivity index (χ0v) is 9.76. The van der Waals surface area contributed by atoms with Crippen molar-refractivity contribution in [2.75, 3.05) is 5.73 Å². The summed E-state index contributed by atoms with van der Waals surface area (Å²) < 4.78 is 1.61. The van der Waals surface area contributed by atoms with Gasteiger partial charge in [-0.2, -0.15) is 0 Å². The quantitative estimate of drug-likeness (QED) is 0.866. The van der Waals surface area contributed by atoms with E-state index in [0.29, 0.717) is 13.0 Å². The van der Waals surface area contributed by atoms with Gasteiger partial charge in [-0.15, -0.1) is 0 Å². The van der Waals surface area contributed by atoms with Crippen molar-refractivity contribution in [1.29, 1.82) is 0 Å². The second-order valence-corrected chi connectivity index (χ2v) is 3.84. The number of benzene rings is 1. The molecular formula is C13H15N3O. The van der Waals surface area contributed by atoms with E-state index in [4.69, 9.17) is 5.73 Å². The van der Waals surface area contributed by atoms with Crippen LogP contribution in [0.15, 0.2) is 41.3 Å². The largest absolute Gasteiger partial charge is 0.393 e. The predicted molar refractivity (Wildman–Crippen MR) is 67.8 cm³/mol. The molecule has 0 aliphatic heterocycles. The molecule has 0 spiro atoms. The average Bonchev–Trinajstić information content (AvgIpc) is 2.36. The van der Waals surface area contributed by atoms with Crippen LogP contribution in [0, 0.1) is 0 Å². The number of aromatic nitrogens is 2. The van der Waals surface area contributed by atoms with Crippen molar-refractivity contribution in [2.45, 2.75) is 19.9 Å². The van der Waals surface area contributed by atoms with Gasteiger partial charge in [0.1, 0.15) is 11.5 Å². The van der Waals surface area contributed by atoms with Crippen LogP contribution in [0.1, 0.15) is 18.3 Å². The Morgan fingerprint density at radius 2 is 2.00 bits per heavy atom. The van der Waals surface area contributed by atoms with Crippen molar-refractivity contribution in [3.05, 3.63) is 58.3 Å². The molecule has 0 bridgehead atoms. The van der Waals surface area contributed by atoms with Gasteiger partial charge in [0, 0.05) is 13.0 Å². The first-order valence-electron chi connectivity index (χ1n) is 5.60. The van der Waals surface area contributed by atoms with Crippen molar-refractivity contribution < 1.29 is 0 Å². The van der Waals surface area contributed by atoms with Crippen molar-refractivity contribution in [3.63, 3.8) is 0 Å². The molecule has 0 aliphatic rings. The minimum Gasteiger partial charge on any atom is -0.393 e. The second-order valence-electron chi connectivity index (χ2n) is 3.84. The van der Waals surface area contributed by atoms with Crippen LogP contribution in [-0.4, -0.2) is 9.55 Å². The van der Waals surface area contributed by atoms with E-state index in [1.165, 1.54) is 6.20 Å². The lowest BCUT2D eigenvalue weighted by atomic mass is 10.1. The fraction of sp³-hybridized carbons (Fsp3) is 0.231. The van der Waals surface area contributed by atoms with Crippen molar-refractivity contribution in [1.82, 2.24) is 9.55 Å². The van der Waals surface area contributed by atoms with Crippen LogP contribution in [-0.2, 0) is 13.0 Å². The van der Waals surface area contributed by atoms with Gasteiger partial charge in [0.2, 0.25) is 0 Å². The number of nitrogens with zero attached hydrogens (tertiary/aromatic N) is 2. The Hall–Kier alpha value is -2.10. The molecule has 2 N–H and O–H groups in total. The van der Waals surface area contributed by atoms with E-state index < -0.39 is 0 Å². The van der Waals surface area contributed by atoms with E-state index in [2.05, 4.69) is 4.98 Å². The van der Waals surface area contributed by atoms with E-state index in [9.17, 15) is 4.79 Å². The Morgan fingerprint density at radius 3 is 2.65 bits per heavy atom. The van der Waals surface area contributed by atoms with Crippen molar-refractivity contribution >= 4 is 5.69 Å². The van der Waals surface area contributed by atoms with Crippen molar-refractivity contribution in [3.8, 4) is 0 Å². The predicted octanol–water partition coefficient (Wildman–Crippen LogP) is 1.44. The summed E-state index contributed by atoms with van der Waals surface area (Å²) in [6, 6.07) is 9.94. The lowest BCUT2D eigenvalue weighted by Gasteiger charge is -2.10. The first kappa shape index (κ1) is 11.4. The monoisotopic (exact) mass is 229 g/mol. The number of hydrogen-bond donors (Lipinski definition) is 1. The normalized spacial score (nSPS) is 10.4. The number of hydrogen-bond acceptors (Lipinski definition) is 3. The summed E-state index contributed by atoms with van der Waals surface area (Å²) in [7, 11) is 0. The third-order valence-electron chi connectivity index (χ3n) is 2.68. The van der Waals surface area contributed by atoms with Gasteiger partial charge in [-0.1, -0.05) is 30.3 Å². The van der Waals surface area contributed by atoms with Crippen molar-refractivity contribution in [2.24, 2.45) is 0 Å². The van der Waals surface area contributed by atoms with Gasteiger partial charge in [0.05, 0.1) is 6.20 Å². The zero-order chi connectivity index (χ0) is 12.3. The molecule has 0 fully saturated rings. The van der Waals surface area contributed by atoms with Gasteiger partial charge in [-0.25, -0.2) is 4.98 Å². The maximum absolute atomic E-state index is 11.8. The molecule has 2 rings (SSSR count). The highest BCUT2D eigenvalue weighted by atomic mass is 16.1. The van der Waals surface area contributed by atoms with Gasteiger partial charge in [0.15, 0.2) is 0 Å². The summed E-state index contributed by atoms with van der Waals surface area (Å²) in [5, 5.41) is 0. The van der Waals surface area contributed by atoms with E-state index in [1.54, 1.807) is 4.57 Å². The Labute approximate surface area is 99.7 Å². The number of anilines is 1. The fourth-order valence-electron chi connectivity index (χ4n) is 1.79. The fourth-order valence-corrected chi connectivity index (χ4v) is 1.79. The SMILES string of the molecule is CCn1c(Cc2ccccc2)ncc(N)c1=O. The third kappa shape index (κ3) is 2.36. The number of nitrogen functional groups attached to an aromatic ring is 1. The molecule has 0 saturated carbocycles. The standard InChI is InChI=1S/C13H15N3O/c1-2-16-12(15-9-11(14)13(16)17)8-10-6-4-3-5-7-10/h3-7,9H,2,8,14H2,1H3. The molecule has 4 heteroatoms. The Balaban J connectivity index is 2.40. The summed E-state index contributed by atoms with van der Waals surface area (Å²) in [6.45, 7) is 2.50. The van der Waals surface area contributed by atoms with E-state index in [1.807, 2.05) is 37.3 Å². The lowest BCUT2D eigenvalue weighted by molar-refractivity contribution is 0.661. The molecule has 1 aromatic heterocycles. The van der Waals surface area contributed by atoms with Gasteiger partial charge in [-0.3, -0.25) is 9.36 Å². The van der Waals surface area contributed by atoms with Crippen LogP contribution in [0.4, 0.5) is 5.69 Å². The summed E-state index contributed by atoms with van der Waals surface area (Å²) >= 11 is 0. The Kier molecular flexibility index (Phi) is 3.23. The molecule has 88 valence electrons. The van der Waals surface area contributed by atoms with Crippen LogP contribution in [0.5, 0.6) is 0 Å². The molecule has 0 saturated heterocycles. The summed E-state index contributed by atoms with van der Waals surface area (Å²) in [5.41, 5.74) is 6.73. The van der Waals surface area contributed by atoms with Crippen LogP contribution >= 0.6 is 0 Å². The molecule has 0 radical (unpaired) electrons.